The van der Waals surface area contributed by atoms with Gasteiger partial charge in [-0.05, 0) is 18.8 Å². The van der Waals surface area contributed by atoms with Crippen LogP contribution in [0.1, 0.15) is 40.5 Å². The van der Waals surface area contributed by atoms with Crippen molar-refractivity contribution in [3.8, 4) is 0 Å². The monoisotopic (exact) mass is 158 g/mol. The predicted molar refractivity (Wildman–Crippen MR) is 45.4 cm³/mol. The van der Waals surface area contributed by atoms with Gasteiger partial charge in [0.25, 0.3) is 0 Å². The van der Waals surface area contributed by atoms with Crippen LogP contribution in [0.2, 0.25) is 0 Å². The van der Waals surface area contributed by atoms with Gasteiger partial charge in [-0.1, -0.05) is 20.8 Å². The summed E-state index contributed by atoms with van der Waals surface area (Å²) >= 11 is 0. The van der Waals surface area contributed by atoms with E-state index in [-0.39, 0.29) is 5.41 Å². The van der Waals surface area contributed by atoms with Gasteiger partial charge in [0.2, 0.25) is 0 Å². The van der Waals surface area contributed by atoms with Gasteiger partial charge in [-0.25, -0.2) is 0 Å². The second-order valence-electron chi connectivity index (χ2n) is 4.23. The summed E-state index contributed by atoms with van der Waals surface area (Å²) in [6.45, 7) is 7.68. The highest BCUT2D eigenvalue weighted by atomic mass is 16.3. The zero-order valence-electron chi connectivity index (χ0n) is 7.85. The maximum absolute atomic E-state index is 10.1. The average molecular weight is 158 g/mol. The molecule has 0 aliphatic carbocycles. The third-order valence-corrected chi connectivity index (χ3v) is 2.36. The summed E-state index contributed by atoms with van der Waals surface area (Å²) in [7, 11) is 0. The van der Waals surface area contributed by atoms with Crippen LogP contribution in [0.3, 0.4) is 0 Å². The Balaban J connectivity index is 4.10. The van der Waals surface area contributed by atoms with Crippen molar-refractivity contribution in [2.24, 2.45) is 5.41 Å². The Morgan fingerprint density at radius 3 is 2.00 bits per heavy atom. The molecule has 0 saturated carbocycles. The van der Waals surface area contributed by atoms with Gasteiger partial charge in [-0.15, -0.1) is 0 Å². The van der Waals surface area contributed by atoms with Gasteiger partial charge < -0.3 is 9.90 Å². The number of carbonyl (C=O) groups is 1. The second-order valence-corrected chi connectivity index (χ2v) is 4.23. The predicted octanol–water partition coefficient (Wildman–Crippen LogP) is 1.76. The quantitative estimate of drug-likeness (QED) is 0.635. The molecule has 2 nitrogen and oxygen atoms in total. The van der Waals surface area contributed by atoms with E-state index in [1.165, 1.54) is 0 Å². The van der Waals surface area contributed by atoms with Crippen LogP contribution in [0, 0.1) is 5.41 Å². The van der Waals surface area contributed by atoms with Gasteiger partial charge in [0, 0.05) is 6.42 Å². The molecule has 11 heavy (non-hydrogen) atoms. The molecule has 0 fully saturated rings. The largest absolute Gasteiger partial charge is 0.390 e. The Hall–Kier alpha value is -0.370. The third-order valence-electron chi connectivity index (χ3n) is 2.36. The van der Waals surface area contributed by atoms with E-state index < -0.39 is 5.60 Å². The average Bonchev–Trinajstić information content (AvgIpc) is 1.81. The van der Waals surface area contributed by atoms with Gasteiger partial charge in [0.15, 0.2) is 0 Å². The number of rotatable bonds is 3. The highest BCUT2D eigenvalue weighted by Crippen LogP contribution is 2.33. The van der Waals surface area contributed by atoms with Crippen LogP contribution < -0.4 is 0 Å². The van der Waals surface area contributed by atoms with Crippen molar-refractivity contribution in [2.45, 2.75) is 46.1 Å². The fourth-order valence-corrected chi connectivity index (χ4v) is 0.715. The van der Waals surface area contributed by atoms with Crippen LogP contribution in [0.5, 0.6) is 0 Å². The lowest BCUT2D eigenvalue weighted by Crippen LogP contribution is -2.39. The molecule has 0 radical (unpaired) electrons. The Kier molecular flexibility index (Phi) is 3.24. The van der Waals surface area contributed by atoms with E-state index in [0.717, 1.165) is 6.29 Å². The number of hydrogen-bond donors (Lipinski definition) is 1. The van der Waals surface area contributed by atoms with Gasteiger partial charge in [0.05, 0.1) is 5.60 Å². The zero-order valence-corrected chi connectivity index (χ0v) is 7.85. The lowest BCUT2D eigenvalue weighted by Gasteiger charge is -2.36. The van der Waals surface area contributed by atoms with Crippen molar-refractivity contribution in [3.63, 3.8) is 0 Å². The van der Waals surface area contributed by atoms with Crippen LogP contribution in [-0.2, 0) is 4.79 Å². The molecule has 0 saturated heterocycles. The van der Waals surface area contributed by atoms with Crippen molar-refractivity contribution < 1.29 is 9.90 Å². The van der Waals surface area contributed by atoms with Gasteiger partial charge >= 0.3 is 0 Å². The molecule has 2 heteroatoms. The first-order chi connectivity index (χ1) is 4.81. The zero-order chi connectivity index (χ0) is 9.12. The van der Waals surface area contributed by atoms with Gasteiger partial charge in [-0.3, -0.25) is 0 Å². The van der Waals surface area contributed by atoms with Crippen LogP contribution in [0.4, 0.5) is 0 Å². The number of hydrogen-bond acceptors (Lipinski definition) is 2. The minimum atomic E-state index is -0.742. The molecule has 0 aromatic carbocycles. The Morgan fingerprint density at radius 2 is 1.73 bits per heavy atom. The number of aliphatic hydroxyl groups is 1. The van der Waals surface area contributed by atoms with Crippen LogP contribution in [-0.4, -0.2) is 17.0 Å². The standard InChI is InChI=1S/C9H18O2/c1-8(2,3)9(4,11)6-5-7-10/h7,11H,5-6H2,1-4H3. The van der Waals surface area contributed by atoms with Crippen LogP contribution >= 0.6 is 0 Å². The molecule has 0 rings (SSSR count). The van der Waals surface area contributed by atoms with Crippen molar-refractivity contribution in [3.05, 3.63) is 0 Å². The van der Waals surface area contributed by atoms with Gasteiger partial charge in [-0.2, -0.15) is 0 Å². The molecule has 0 aromatic rings. The fourth-order valence-electron chi connectivity index (χ4n) is 0.715. The molecule has 0 amide bonds. The summed E-state index contributed by atoms with van der Waals surface area (Å²) < 4.78 is 0. The van der Waals surface area contributed by atoms with Crippen LogP contribution in [0.25, 0.3) is 0 Å². The SMILES string of the molecule is CC(C)(C)C(C)(O)CCC=O. The molecule has 0 aliphatic rings. The van der Waals surface area contributed by atoms with Crippen molar-refractivity contribution >= 4 is 6.29 Å². The van der Waals surface area contributed by atoms with Gasteiger partial charge in [0.1, 0.15) is 6.29 Å². The molecule has 0 spiro atoms. The maximum Gasteiger partial charge on any atom is 0.120 e. The molecule has 1 atom stereocenters. The fraction of sp³-hybridized carbons (Fsp3) is 0.889. The first kappa shape index (κ1) is 10.6. The first-order valence-corrected chi connectivity index (χ1v) is 3.97. The number of carbonyl (C=O) groups excluding carboxylic acids is 1. The Labute approximate surface area is 68.6 Å². The highest BCUT2D eigenvalue weighted by Gasteiger charge is 2.34. The van der Waals surface area contributed by atoms with E-state index in [1.807, 2.05) is 20.8 Å². The summed E-state index contributed by atoms with van der Waals surface area (Å²) in [5.41, 5.74) is -0.899. The van der Waals surface area contributed by atoms with E-state index in [9.17, 15) is 9.90 Å². The smallest absolute Gasteiger partial charge is 0.120 e. The second kappa shape index (κ2) is 3.35. The maximum atomic E-state index is 10.1. The lowest BCUT2D eigenvalue weighted by molar-refractivity contribution is -0.110. The summed E-state index contributed by atoms with van der Waals surface area (Å²) in [6.07, 6.45) is 1.82. The molecule has 66 valence electrons. The van der Waals surface area contributed by atoms with E-state index in [0.29, 0.717) is 12.8 Å². The summed E-state index contributed by atoms with van der Waals surface area (Å²) in [5.74, 6) is 0. The van der Waals surface area contributed by atoms with E-state index in [4.69, 9.17) is 0 Å². The Bertz CT molecular complexity index is 131. The molecule has 0 heterocycles. The van der Waals surface area contributed by atoms with Crippen molar-refractivity contribution in [2.75, 3.05) is 0 Å². The van der Waals surface area contributed by atoms with E-state index in [2.05, 4.69) is 0 Å². The molecule has 0 bridgehead atoms. The molecular formula is C9H18O2. The minimum Gasteiger partial charge on any atom is -0.390 e. The summed E-state index contributed by atoms with van der Waals surface area (Å²) in [5, 5.41) is 9.82. The molecule has 1 unspecified atom stereocenters. The number of aldehydes is 1. The summed E-state index contributed by atoms with van der Waals surface area (Å²) in [4.78, 5) is 10.1. The minimum absolute atomic E-state index is 0.157. The van der Waals surface area contributed by atoms with E-state index >= 15 is 0 Å². The van der Waals surface area contributed by atoms with Crippen molar-refractivity contribution in [1.29, 1.82) is 0 Å². The highest BCUT2D eigenvalue weighted by molar-refractivity contribution is 5.49. The lowest BCUT2D eigenvalue weighted by atomic mass is 9.75. The van der Waals surface area contributed by atoms with Crippen LogP contribution in [0.15, 0.2) is 0 Å². The molecule has 1 N–H and O–H groups in total. The topological polar surface area (TPSA) is 37.3 Å². The summed E-state index contributed by atoms with van der Waals surface area (Å²) in [6, 6.07) is 0. The van der Waals surface area contributed by atoms with Crippen molar-refractivity contribution in [1.82, 2.24) is 0 Å². The first-order valence-electron chi connectivity index (χ1n) is 3.97. The van der Waals surface area contributed by atoms with E-state index in [1.54, 1.807) is 6.92 Å². The third kappa shape index (κ3) is 3.02. The Morgan fingerprint density at radius 1 is 1.27 bits per heavy atom. The molecular weight excluding hydrogens is 140 g/mol. The molecule has 0 aromatic heterocycles. The molecule has 0 aliphatic heterocycles. The normalized spacial score (nSPS) is 17.5.